The van der Waals surface area contributed by atoms with Crippen LogP contribution in [0.2, 0.25) is 0 Å². The van der Waals surface area contributed by atoms with Crippen molar-refractivity contribution in [3.63, 3.8) is 0 Å². The quantitative estimate of drug-likeness (QED) is 0.824. The fourth-order valence-corrected chi connectivity index (χ4v) is 2.91. The summed E-state index contributed by atoms with van der Waals surface area (Å²) >= 11 is 0. The number of aromatic nitrogens is 6. The third kappa shape index (κ3) is 2.29. The molecule has 3 unspecified atom stereocenters. The Labute approximate surface area is 121 Å². The van der Waals surface area contributed by atoms with Gasteiger partial charge in [0.1, 0.15) is 12.7 Å². The molecule has 3 atom stereocenters. The topological polar surface area (TPSA) is 103 Å². The summed E-state index contributed by atoms with van der Waals surface area (Å²) in [5, 5.41) is 10.3. The molecule has 0 saturated carbocycles. The summed E-state index contributed by atoms with van der Waals surface area (Å²) in [6.45, 7) is 0. The van der Waals surface area contributed by atoms with Gasteiger partial charge in [-0.2, -0.15) is 24.7 Å². The van der Waals surface area contributed by atoms with Crippen molar-refractivity contribution in [1.82, 2.24) is 29.7 Å². The number of hydrogen-bond donors (Lipinski definition) is 2. The van der Waals surface area contributed by atoms with Crippen LogP contribution in [0.25, 0.3) is 5.95 Å². The van der Waals surface area contributed by atoms with E-state index >= 15 is 0 Å². The van der Waals surface area contributed by atoms with Gasteiger partial charge in [-0.1, -0.05) is 0 Å². The van der Waals surface area contributed by atoms with Crippen LogP contribution in [-0.2, 0) is 4.74 Å². The van der Waals surface area contributed by atoms with Crippen molar-refractivity contribution < 1.29 is 4.74 Å². The molecule has 9 nitrogen and oxygen atoms in total. The highest BCUT2D eigenvalue weighted by Gasteiger charge is 2.41. The number of nitrogens with one attached hydrogen (secondary N) is 2. The van der Waals surface area contributed by atoms with Gasteiger partial charge >= 0.3 is 0 Å². The van der Waals surface area contributed by atoms with Gasteiger partial charge in [-0.05, 0) is 19.3 Å². The van der Waals surface area contributed by atoms with Crippen LogP contribution in [0.1, 0.15) is 19.3 Å². The van der Waals surface area contributed by atoms with Crippen molar-refractivity contribution in [1.29, 1.82) is 0 Å². The fraction of sp³-hybridized carbons (Fsp3) is 0.583. The Morgan fingerprint density at radius 1 is 1.24 bits per heavy atom. The molecule has 2 N–H and O–H groups in total. The number of fused-ring (bicyclic) bond motifs is 2. The zero-order chi connectivity index (χ0) is 14.2. The van der Waals surface area contributed by atoms with Crippen molar-refractivity contribution in [2.45, 2.75) is 37.5 Å². The molecular weight excluding hydrogens is 272 g/mol. The molecule has 0 aliphatic carbocycles. The molecule has 2 aromatic heterocycles. The summed E-state index contributed by atoms with van der Waals surface area (Å²) in [7, 11) is 1.77. The molecule has 110 valence electrons. The maximum absolute atomic E-state index is 5.84. The van der Waals surface area contributed by atoms with E-state index in [2.05, 4.69) is 35.7 Å². The van der Waals surface area contributed by atoms with E-state index < -0.39 is 0 Å². The lowest BCUT2D eigenvalue weighted by Crippen LogP contribution is -2.31. The summed E-state index contributed by atoms with van der Waals surface area (Å²) in [5.41, 5.74) is 0. The fourth-order valence-electron chi connectivity index (χ4n) is 2.91. The molecule has 2 aliphatic heterocycles. The zero-order valence-corrected chi connectivity index (χ0v) is 11.6. The molecule has 4 rings (SSSR count). The van der Waals surface area contributed by atoms with Crippen LogP contribution in [0, 0.1) is 0 Å². The molecule has 0 spiro atoms. The highest BCUT2D eigenvalue weighted by Crippen LogP contribution is 2.35. The monoisotopic (exact) mass is 288 g/mol. The number of ether oxygens (including phenoxy) is 1. The average Bonchev–Trinajstić information content (AvgIpc) is 3.24. The molecule has 2 bridgehead atoms. The van der Waals surface area contributed by atoms with Gasteiger partial charge in [0.15, 0.2) is 0 Å². The summed E-state index contributed by atoms with van der Waals surface area (Å²) < 4.78 is 7.34. The van der Waals surface area contributed by atoms with Crippen molar-refractivity contribution >= 4 is 11.9 Å². The van der Waals surface area contributed by atoms with Gasteiger partial charge in [0.25, 0.3) is 5.95 Å². The lowest BCUT2D eigenvalue weighted by atomic mass is 9.96. The molecule has 9 heteroatoms. The first-order chi connectivity index (χ1) is 10.3. The average molecular weight is 288 g/mol. The van der Waals surface area contributed by atoms with Crippen LogP contribution in [-0.4, -0.2) is 55.0 Å². The molecule has 4 heterocycles. The van der Waals surface area contributed by atoms with E-state index in [0.29, 0.717) is 23.9 Å². The molecular formula is C12H16N8O. The molecule has 21 heavy (non-hydrogen) atoms. The van der Waals surface area contributed by atoms with Crippen molar-refractivity contribution in [2.24, 2.45) is 0 Å². The second-order valence-electron chi connectivity index (χ2n) is 5.23. The Bertz CT molecular complexity index is 630. The largest absolute Gasteiger partial charge is 0.373 e. The molecule has 0 radical (unpaired) electrons. The van der Waals surface area contributed by atoms with E-state index in [9.17, 15) is 0 Å². The van der Waals surface area contributed by atoms with Crippen LogP contribution in [0.3, 0.4) is 0 Å². The van der Waals surface area contributed by atoms with E-state index in [1.807, 2.05) is 0 Å². The number of anilines is 2. The second-order valence-corrected chi connectivity index (χ2v) is 5.23. The van der Waals surface area contributed by atoms with Crippen LogP contribution in [0.15, 0.2) is 12.7 Å². The maximum atomic E-state index is 5.84. The minimum Gasteiger partial charge on any atom is -0.373 e. The Kier molecular flexibility index (Phi) is 2.92. The zero-order valence-electron chi connectivity index (χ0n) is 11.6. The minimum atomic E-state index is 0.263. The highest BCUT2D eigenvalue weighted by molar-refractivity contribution is 5.38. The van der Waals surface area contributed by atoms with Gasteiger partial charge in [-0.25, -0.2) is 4.98 Å². The van der Waals surface area contributed by atoms with E-state index in [4.69, 9.17) is 4.74 Å². The van der Waals surface area contributed by atoms with Crippen LogP contribution in [0.4, 0.5) is 11.9 Å². The summed E-state index contributed by atoms with van der Waals surface area (Å²) in [6, 6.07) is 0.263. The summed E-state index contributed by atoms with van der Waals surface area (Å²) in [4.78, 5) is 16.9. The molecule has 2 aliphatic rings. The lowest BCUT2D eigenvalue weighted by Gasteiger charge is -2.20. The molecule has 0 amide bonds. The van der Waals surface area contributed by atoms with Gasteiger partial charge in [-0.3, -0.25) is 0 Å². The minimum absolute atomic E-state index is 0.263. The Hall–Kier alpha value is -2.29. The molecule has 0 aromatic carbocycles. The van der Waals surface area contributed by atoms with Gasteiger partial charge < -0.3 is 15.4 Å². The number of rotatable bonds is 4. The van der Waals surface area contributed by atoms with Gasteiger partial charge in [0, 0.05) is 7.05 Å². The number of nitrogens with zero attached hydrogens (tertiary/aromatic N) is 6. The third-order valence-electron chi connectivity index (χ3n) is 3.89. The van der Waals surface area contributed by atoms with E-state index in [1.165, 1.54) is 11.0 Å². The Morgan fingerprint density at radius 3 is 2.81 bits per heavy atom. The van der Waals surface area contributed by atoms with Gasteiger partial charge in [0.2, 0.25) is 11.9 Å². The number of hydrogen-bond acceptors (Lipinski definition) is 8. The van der Waals surface area contributed by atoms with E-state index in [-0.39, 0.29) is 12.1 Å². The predicted octanol–water partition coefficient (Wildman–Crippen LogP) is 0.226. The SMILES string of the molecule is CNc1nc(NC2CC3CCC2O3)nc(-n2cncn2)n1. The Morgan fingerprint density at radius 2 is 2.14 bits per heavy atom. The molecule has 2 aromatic rings. The third-order valence-corrected chi connectivity index (χ3v) is 3.89. The van der Waals surface area contributed by atoms with Crippen molar-refractivity contribution in [3.05, 3.63) is 12.7 Å². The summed E-state index contributed by atoms with van der Waals surface area (Å²) in [5.74, 6) is 1.45. The molecule has 2 fully saturated rings. The van der Waals surface area contributed by atoms with Gasteiger partial charge in [0.05, 0.1) is 18.2 Å². The van der Waals surface area contributed by atoms with Gasteiger partial charge in [-0.15, -0.1) is 0 Å². The van der Waals surface area contributed by atoms with Crippen LogP contribution < -0.4 is 10.6 Å². The maximum Gasteiger partial charge on any atom is 0.258 e. The van der Waals surface area contributed by atoms with Crippen molar-refractivity contribution in [3.8, 4) is 5.95 Å². The first-order valence-electron chi connectivity index (χ1n) is 7.02. The standard InChI is InChI=1S/C12H16N8O/c1-13-10-17-11(16-8-4-7-2-3-9(8)21-7)19-12(18-10)20-6-14-5-15-20/h5-9H,2-4H2,1H3,(H2,13,16,17,18,19). The van der Waals surface area contributed by atoms with E-state index in [1.54, 1.807) is 13.4 Å². The normalized spacial score (nSPS) is 27.0. The lowest BCUT2D eigenvalue weighted by molar-refractivity contribution is 0.102. The summed E-state index contributed by atoms with van der Waals surface area (Å²) in [6.07, 6.45) is 6.91. The predicted molar refractivity (Wildman–Crippen MR) is 74.2 cm³/mol. The van der Waals surface area contributed by atoms with E-state index in [0.717, 1.165) is 19.3 Å². The first kappa shape index (κ1) is 12.5. The second kappa shape index (κ2) is 4.92. The smallest absolute Gasteiger partial charge is 0.258 e. The van der Waals surface area contributed by atoms with Crippen LogP contribution >= 0.6 is 0 Å². The van der Waals surface area contributed by atoms with Crippen molar-refractivity contribution in [2.75, 3.05) is 17.7 Å². The first-order valence-corrected chi connectivity index (χ1v) is 7.02. The molecule has 2 saturated heterocycles. The van der Waals surface area contributed by atoms with Crippen LogP contribution in [0.5, 0.6) is 0 Å². The highest BCUT2D eigenvalue weighted by atomic mass is 16.5. The Balaban J connectivity index is 1.61.